The average Bonchev–Trinajstić information content (AvgIpc) is 2.40. The molecule has 0 unspecified atom stereocenters. The highest BCUT2D eigenvalue weighted by molar-refractivity contribution is 9.10. The van der Waals surface area contributed by atoms with Crippen molar-refractivity contribution in [1.82, 2.24) is 0 Å². The Morgan fingerprint density at radius 1 is 1.10 bits per heavy atom. The number of rotatable bonds is 2. The van der Waals surface area contributed by atoms with Crippen molar-refractivity contribution in [2.75, 3.05) is 5.32 Å². The van der Waals surface area contributed by atoms with Crippen LogP contribution in [0, 0.1) is 20.8 Å². The number of anilines is 1. The summed E-state index contributed by atoms with van der Waals surface area (Å²) >= 11 is 9.47. The molecule has 2 rings (SSSR count). The van der Waals surface area contributed by atoms with Gasteiger partial charge in [0.15, 0.2) is 0 Å². The number of benzene rings is 2. The first-order valence-electron chi connectivity index (χ1n) is 6.38. The Labute approximate surface area is 137 Å². The number of ether oxygens (including phenoxy) is 1. The summed E-state index contributed by atoms with van der Waals surface area (Å²) in [4.78, 5) is 11.9. The van der Waals surface area contributed by atoms with Gasteiger partial charge in [0.2, 0.25) is 0 Å². The molecular formula is C16H15BrClNO2. The van der Waals surface area contributed by atoms with Crippen LogP contribution in [0.1, 0.15) is 16.7 Å². The molecule has 1 amide bonds. The highest BCUT2D eigenvalue weighted by atomic mass is 79.9. The molecule has 3 nitrogen and oxygen atoms in total. The minimum atomic E-state index is -0.542. The van der Waals surface area contributed by atoms with E-state index in [0.29, 0.717) is 16.5 Å². The fourth-order valence-corrected chi connectivity index (χ4v) is 2.42. The van der Waals surface area contributed by atoms with Crippen molar-refractivity contribution < 1.29 is 9.53 Å². The monoisotopic (exact) mass is 367 g/mol. The van der Waals surface area contributed by atoms with Gasteiger partial charge < -0.3 is 4.74 Å². The molecule has 0 spiro atoms. The molecular weight excluding hydrogens is 354 g/mol. The normalized spacial score (nSPS) is 10.3. The van der Waals surface area contributed by atoms with Crippen LogP contribution >= 0.6 is 27.5 Å². The number of amides is 1. The highest BCUT2D eigenvalue weighted by Crippen LogP contribution is 2.27. The SMILES string of the molecule is Cc1ccc(NC(=O)Oc2cc(C)c(Br)cc2C)cc1Cl. The van der Waals surface area contributed by atoms with E-state index in [2.05, 4.69) is 21.2 Å². The zero-order chi connectivity index (χ0) is 15.6. The second kappa shape index (κ2) is 6.50. The second-order valence-electron chi connectivity index (χ2n) is 4.85. The van der Waals surface area contributed by atoms with Crippen LogP contribution in [0.5, 0.6) is 5.75 Å². The van der Waals surface area contributed by atoms with Gasteiger partial charge in [-0.3, -0.25) is 5.32 Å². The number of carbonyl (C=O) groups is 1. The zero-order valence-electron chi connectivity index (χ0n) is 12.0. The maximum absolute atomic E-state index is 11.9. The van der Waals surface area contributed by atoms with E-state index in [1.165, 1.54) is 0 Å². The molecule has 0 bridgehead atoms. The fraction of sp³-hybridized carbons (Fsp3) is 0.188. The number of nitrogens with one attached hydrogen (secondary N) is 1. The first kappa shape index (κ1) is 15.9. The van der Waals surface area contributed by atoms with Crippen LogP contribution < -0.4 is 10.1 Å². The Morgan fingerprint density at radius 2 is 1.81 bits per heavy atom. The lowest BCUT2D eigenvalue weighted by Gasteiger charge is -2.11. The molecule has 0 saturated heterocycles. The molecule has 0 heterocycles. The lowest BCUT2D eigenvalue weighted by atomic mass is 10.1. The molecule has 1 N–H and O–H groups in total. The third kappa shape index (κ3) is 3.99. The van der Waals surface area contributed by atoms with E-state index in [1.807, 2.05) is 39.0 Å². The van der Waals surface area contributed by atoms with Gasteiger partial charge in [-0.2, -0.15) is 0 Å². The van der Waals surface area contributed by atoms with Crippen molar-refractivity contribution in [1.29, 1.82) is 0 Å². The summed E-state index contributed by atoms with van der Waals surface area (Å²) in [5.74, 6) is 0.534. The van der Waals surface area contributed by atoms with Crippen molar-refractivity contribution in [3.8, 4) is 5.75 Å². The van der Waals surface area contributed by atoms with Crippen LogP contribution in [-0.2, 0) is 0 Å². The van der Waals surface area contributed by atoms with Crippen molar-refractivity contribution in [2.24, 2.45) is 0 Å². The van der Waals surface area contributed by atoms with Crippen LogP contribution in [-0.4, -0.2) is 6.09 Å². The fourth-order valence-electron chi connectivity index (χ4n) is 1.78. The number of aryl methyl sites for hydroxylation is 3. The first-order valence-corrected chi connectivity index (χ1v) is 7.55. The Balaban J connectivity index is 2.11. The molecule has 2 aromatic carbocycles. The molecule has 0 atom stereocenters. The molecule has 0 aliphatic rings. The molecule has 0 radical (unpaired) electrons. The topological polar surface area (TPSA) is 38.3 Å². The Kier molecular flexibility index (Phi) is 4.91. The molecule has 0 fully saturated rings. The second-order valence-corrected chi connectivity index (χ2v) is 6.11. The summed E-state index contributed by atoms with van der Waals surface area (Å²) in [6, 6.07) is 9.05. The Bertz CT molecular complexity index is 701. The lowest BCUT2D eigenvalue weighted by Crippen LogP contribution is -2.17. The number of carbonyl (C=O) groups excluding carboxylic acids is 1. The molecule has 5 heteroatoms. The third-order valence-corrected chi connectivity index (χ3v) is 4.34. The molecule has 0 aromatic heterocycles. The average molecular weight is 369 g/mol. The number of hydrogen-bond donors (Lipinski definition) is 1. The molecule has 0 saturated carbocycles. The van der Waals surface area contributed by atoms with Gasteiger partial charge in [-0.1, -0.05) is 33.6 Å². The molecule has 2 aromatic rings. The van der Waals surface area contributed by atoms with Crippen LogP contribution in [0.2, 0.25) is 5.02 Å². The van der Waals surface area contributed by atoms with Gasteiger partial charge in [-0.05, 0) is 61.7 Å². The van der Waals surface area contributed by atoms with E-state index in [4.69, 9.17) is 16.3 Å². The maximum atomic E-state index is 11.9. The summed E-state index contributed by atoms with van der Waals surface area (Å²) in [6.45, 7) is 5.72. The van der Waals surface area contributed by atoms with Crippen molar-refractivity contribution >= 4 is 39.3 Å². The van der Waals surface area contributed by atoms with Gasteiger partial charge in [0.05, 0.1) is 0 Å². The highest BCUT2D eigenvalue weighted by Gasteiger charge is 2.10. The van der Waals surface area contributed by atoms with Crippen molar-refractivity contribution in [3.63, 3.8) is 0 Å². The van der Waals surface area contributed by atoms with Gasteiger partial charge >= 0.3 is 6.09 Å². The first-order chi connectivity index (χ1) is 9.86. The summed E-state index contributed by atoms with van der Waals surface area (Å²) in [5, 5.41) is 3.26. The van der Waals surface area contributed by atoms with Crippen molar-refractivity contribution in [2.45, 2.75) is 20.8 Å². The van der Waals surface area contributed by atoms with Crippen LogP contribution in [0.15, 0.2) is 34.8 Å². The zero-order valence-corrected chi connectivity index (χ0v) is 14.3. The number of halogens is 2. The summed E-state index contributed by atoms with van der Waals surface area (Å²) in [7, 11) is 0. The smallest absolute Gasteiger partial charge is 0.410 e. The van der Waals surface area contributed by atoms with Gasteiger partial charge in [0.25, 0.3) is 0 Å². The largest absolute Gasteiger partial charge is 0.417 e. The third-order valence-electron chi connectivity index (χ3n) is 3.08. The predicted octanol–water partition coefficient (Wildman–Crippen LogP) is 5.64. The maximum Gasteiger partial charge on any atom is 0.417 e. The lowest BCUT2D eigenvalue weighted by molar-refractivity contribution is 0.215. The summed E-state index contributed by atoms with van der Waals surface area (Å²) in [5.41, 5.74) is 3.43. The van der Waals surface area contributed by atoms with E-state index in [-0.39, 0.29) is 0 Å². The number of hydrogen-bond acceptors (Lipinski definition) is 2. The van der Waals surface area contributed by atoms with Crippen LogP contribution in [0.3, 0.4) is 0 Å². The van der Waals surface area contributed by atoms with Crippen LogP contribution in [0.4, 0.5) is 10.5 Å². The molecule has 110 valence electrons. The van der Waals surface area contributed by atoms with Gasteiger partial charge in [0.1, 0.15) is 5.75 Å². The van der Waals surface area contributed by atoms with E-state index in [0.717, 1.165) is 21.2 Å². The standard InChI is InChI=1S/C16H15BrClNO2/c1-9-4-5-12(8-14(9)18)19-16(20)21-15-7-10(2)13(17)6-11(15)3/h4-8H,1-3H3,(H,19,20). The summed E-state index contributed by atoms with van der Waals surface area (Å²) < 4.78 is 6.33. The molecule has 21 heavy (non-hydrogen) atoms. The van der Waals surface area contributed by atoms with Crippen LogP contribution in [0.25, 0.3) is 0 Å². The van der Waals surface area contributed by atoms with Crippen molar-refractivity contribution in [3.05, 3.63) is 56.5 Å². The molecule has 0 aliphatic carbocycles. The van der Waals surface area contributed by atoms with Gasteiger partial charge in [0, 0.05) is 15.2 Å². The summed E-state index contributed by atoms with van der Waals surface area (Å²) in [6.07, 6.45) is -0.542. The predicted molar refractivity (Wildman–Crippen MR) is 89.5 cm³/mol. The Morgan fingerprint density at radius 3 is 2.48 bits per heavy atom. The van der Waals surface area contributed by atoms with E-state index in [9.17, 15) is 4.79 Å². The minimum absolute atomic E-state index is 0.534. The van der Waals surface area contributed by atoms with Gasteiger partial charge in [-0.25, -0.2) is 4.79 Å². The van der Waals surface area contributed by atoms with E-state index in [1.54, 1.807) is 12.1 Å². The Hall–Kier alpha value is -1.52. The van der Waals surface area contributed by atoms with E-state index < -0.39 is 6.09 Å². The quantitative estimate of drug-likeness (QED) is 0.745. The minimum Gasteiger partial charge on any atom is -0.410 e. The van der Waals surface area contributed by atoms with Gasteiger partial charge in [-0.15, -0.1) is 0 Å². The molecule has 0 aliphatic heterocycles. The van der Waals surface area contributed by atoms with E-state index >= 15 is 0 Å².